The Bertz CT molecular complexity index is 456. The number of carbonyl (C=O) groups excluding carboxylic acids is 2. The lowest BCUT2D eigenvalue weighted by Crippen LogP contribution is -2.36. The van der Waals surface area contributed by atoms with E-state index in [1.165, 1.54) is 13.3 Å². The maximum Gasteiger partial charge on any atom is 0.302 e. The summed E-state index contributed by atoms with van der Waals surface area (Å²) in [5.41, 5.74) is 0. The van der Waals surface area contributed by atoms with E-state index in [0.717, 1.165) is 12.3 Å². The second-order valence-electron chi connectivity index (χ2n) is 6.80. The summed E-state index contributed by atoms with van der Waals surface area (Å²) in [6, 6.07) is 0. The van der Waals surface area contributed by atoms with E-state index in [0.29, 0.717) is 41.3 Å². The monoisotopic (exact) mass is 232 g/mol. The summed E-state index contributed by atoms with van der Waals surface area (Å²) in [5.74, 6) is 4.67. The molecule has 0 aliphatic heterocycles. The molecule has 5 fully saturated rings. The third-order valence-electron chi connectivity index (χ3n) is 6.63. The molecular weight excluding hydrogens is 216 g/mol. The SMILES string of the molecule is CC(=O)OC1C2CC3C1C1C(=O)C4CC1C3C42. The molecule has 0 spiro atoms. The summed E-state index contributed by atoms with van der Waals surface area (Å²) >= 11 is 0. The largest absolute Gasteiger partial charge is 0.462 e. The van der Waals surface area contributed by atoms with Crippen LogP contribution in [0.3, 0.4) is 0 Å². The minimum atomic E-state index is -0.161. The van der Waals surface area contributed by atoms with Crippen LogP contribution in [0.5, 0.6) is 0 Å². The van der Waals surface area contributed by atoms with Gasteiger partial charge in [0.2, 0.25) is 0 Å². The van der Waals surface area contributed by atoms with Gasteiger partial charge in [-0.05, 0) is 36.5 Å². The summed E-state index contributed by atoms with van der Waals surface area (Å²) < 4.78 is 5.58. The molecular formula is C14H16O3. The molecule has 0 aromatic carbocycles. The lowest BCUT2D eigenvalue weighted by atomic mass is 9.76. The van der Waals surface area contributed by atoms with Crippen LogP contribution in [0, 0.1) is 47.3 Å². The third-order valence-corrected chi connectivity index (χ3v) is 6.63. The van der Waals surface area contributed by atoms with Gasteiger partial charge in [-0.2, -0.15) is 0 Å². The van der Waals surface area contributed by atoms with E-state index in [2.05, 4.69) is 0 Å². The summed E-state index contributed by atoms with van der Waals surface area (Å²) in [4.78, 5) is 23.6. The van der Waals surface area contributed by atoms with Gasteiger partial charge in [0.05, 0.1) is 0 Å². The quantitative estimate of drug-likeness (QED) is 0.639. The fourth-order valence-electron chi connectivity index (χ4n) is 6.73. The van der Waals surface area contributed by atoms with Crippen LogP contribution >= 0.6 is 0 Å². The smallest absolute Gasteiger partial charge is 0.302 e. The maximum atomic E-state index is 12.3. The number of hydrogen-bond donors (Lipinski definition) is 0. The van der Waals surface area contributed by atoms with Crippen LogP contribution in [0.25, 0.3) is 0 Å². The Morgan fingerprint density at radius 2 is 1.94 bits per heavy atom. The standard InChI is InChI=1S/C14H16O3/c1-4(15)17-14-8-3-6-9-5-2-7(10(8)9)13(16)11(5)12(6)14/h5-12,14H,2-3H2,1H3. The highest BCUT2D eigenvalue weighted by Gasteiger charge is 2.79. The average molecular weight is 232 g/mol. The predicted octanol–water partition coefficient (Wildman–Crippen LogP) is 1.27. The molecule has 9 atom stereocenters. The first kappa shape index (κ1) is 9.12. The number of carbonyl (C=O) groups is 2. The van der Waals surface area contributed by atoms with E-state index in [1.807, 2.05) is 0 Å². The molecule has 0 amide bonds. The Labute approximate surface area is 99.9 Å². The van der Waals surface area contributed by atoms with E-state index in [1.54, 1.807) is 0 Å². The van der Waals surface area contributed by atoms with Crippen molar-refractivity contribution < 1.29 is 14.3 Å². The number of rotatable bonds is 1. The molecule has 3 nitrogen and oxygen atoms in total. The zero-order valence-electron chi connectivity index (χ0n) is 9.84. The Balaban J connectivity index is 1.65. The fraction of sp³-hybridized carbons (Fsp3) is 0.857. The number of esters is 1. The van der Waals surface area contributed by atoms with Gasteiger partial charge in [-0.3, -0.25) is 9.59 Å². The second kappa shape index (κ2) is 2.45. The van der Waals surface area contributed by atoms with Crippen LogP contribution in [0.4, 0.5) is 0 Å². The van der Waals surface area contributed by atoms with Gasteiger partial charge in [0.1, 0.15) is 11.9 Å². The molecule has 0 saturated heterocycles. The van der Waals surface area contributed by atoms with Crippen molar-refractivity contribution in [1.82, 2.24) is 0 Å². The lowest BCUT2D eigenvalue weighted by Gasteiger charge is -2.32. The number of ketones is 1. The number of ether oxygens (including phenoxy) is 1. The first-order valence-electron chi connectivity index (χ1n) is 6.89. The molecule has 5 rings (SSSR count). The Hall–Kier alpha value is -0.860. The summed E-state index contributed by atoms with van der Waals surface area (Å²) in [6.45, 7) is 1.50. The average Bonchev–Trinajstić information content (AvgIpc) is 2.90. The van der Waals surface area contributed by atoms with Gasteiger partial charge in [-0.25, -0.2) is 0 Å². The van der Waals surface area contributed by atoms with Gasteiger partial charge in [0, 0.05) is 30.6 Å². The van der Waals surface area contributed by atoms with E-state index in [4.69, 9.17) is 4.74 Å². The second-order valence-corrected chi connectivity index (χ2v) is 6.80. The highest BCUT2D eigenvalue weighted by molar-refractivity contribution is 5.89. The number of fused-ring (bicyclic) bond motifs is 5. The molecule has 17 heavy (non-hydrogen) atoms. The van der Waals surface area contributed by atoms with Crippen LogP contribution in [0.1, 0.15) is 19.8 Å². The van der Waals surface area contributed by atoms with Gasteiger partial charge in [0.25, 0.3) is 0 Å². The van der Waals surface area contributed by atoms with Crippen LogP contribution in [0.2, 0.25) is 0 Å². The summed E-state index contributed by atoms with van der Waals surface area (Å²) in [7, 11) is 0. The highest BCUT2D eigenvalue weighted by atomic mass is 16.5. The van der Waals surface area contributed by atoms with Crippen molar-refractivity contribution in [1.29, 1.82) is 0 Å². The van der Waals surface area contributed by atoms with Crippen LogP contribution in [0.15, 0.2) is 0 Å². The Kier molecular flexibility index (Phi) is 1.32. The first-order chi connectivity index (χ1) is 8.18. The lowest BCUT2D eigenvalue weighted by molar-refractivity contribution is -0.153. The molecule has 0 aromatic heterocycles. The minimum absolute atomic E-state index is 0.0861. The number of Topliss-reactive ketones (excluding diaryl/α,β-unsaturated/α-hetero) is 1. The molecule has 4 bridgehead atoms. The van der Waals surface area contributed by atoms with Crippen molar-refractivity contribution in [3.63, 3.8) is 0 Å². The van der Waals surface area contributed by atoms with Gasteiger partial charge in [-0.15, -0.1) is 0 Å². The van der Waals surface area contributed by atoms with Gasteiger partial charge >= 0.3 is 5.97 Å². The van der Waals surface area contributed by atoms with E-state index < -0.39 is 0 Å². The van der Waals surface area contributed by atoms with Crippen LogP contribution < -0.4 is 0 Å². The molecule has 3 heteroatoms. The normalized spacial score (nSPS) is 64.1. The van der Waals surface area contributed by atoms with Crippen molar-refractivity contribution in [2.75, 3.05) is 0 Å². The summed E-state index contributed by atoms with van der Waals surface area (Å²) in [6.07, 6.45) is 2.48. The molecule has 0 heterocycles. The van der Waals surface area contributed by atoms with E-state index in [-0.39, 0.29) is 18.0 Å². The van der Waals surface area contributed by atoms with Gasteiger partial charge in [0.15, 0.2) is 0 Å². The number of hydrogen-bond acceptors (Lipinski definition) is 3. The van der Waals surface area contributed by atoms with Gasteiger partial charge < -0.3 is 4.74 Å². The van der Waals surface area contributed by atoms with Crippen LogP contribution in [-0.2, 0) is 14.3 Å². The predicted molar refractivity (Wildman–Crippen MR) is 57.7 cm³/mol. The van der Waals surface area contributed by atoms with Crippen molar-refractivity contribution in [3.05, 3.63) is 0 Å². The molecule has 0 radical (unpaired) electrons. The van der Waals surface area contributed by atoms with Gasteiger partial charge in [-0.1, -0.05) is 0 Å². The fourth-order valence-corrected chi connectivity index (χ4v) is 6.73. The molecule has 5 aliphatic carbocycles. The molecule has 5 aliphatic rings. The summed E-state index contributed by atoms with van der Waals surface area (Å²) in [5, 5.41) is 0. The third kappa shape index (κ3) is 0.747. The maximum absolute atomic E-state index is 12.3. The Morgan fingerprint density at radius 1 is 1.12 bits per heavy atom. The minimum Gasteiger partial charge on any atom is -0.462 e. The first-order valence-corrected chi connectivity index (χ1v) is 6.89. The molecule has 9 unspecified atom stereocenters. The zero-order valence-corrected chi connectivity index (χ0v) is 9.84. The molecule has 0 N–H and O–H groups in total. The Morgan fingerprint density at radius 3 is 2.71 bits per heavy atom. The highest BCUT2D eigenvalue weighted by Crippen LogP contribution is 2.77. The van der Waals surface area contributed by atoms with E-state index >= 15 is 0 Å². The van der Waals surface area contributed by atoms with Crippen molar-refractivity contribution >= 4 is 11.8 Å². The van der Waals surface area contributed by atoms with Crippen molar-refractivity contribution in [2.24, 2.45) is 47.3 Å². The molecule has 0 aromatic rings. The zero-order chi connectivity index (χ0) is 11.5. The van der Waals surface area contributed by atoms with E-state index in [9.17, 15) is 9.59 Å². The molecule has 5 saturated carbocycles. The van der Waals surface area contributed by atoms with Crippen molar-refractivity contribution in [3.8, 4) is 0 Å². The topological polar surface area (TPSA) is 43.4 Å². The van der Waals surface area contributed by atoms with Crippen molar-refractivity contribution in [2.45, 2.75) is 25.9 Å². The van der Waals surface area contributed by atoms with Crippen LogP contribution in [-0.4, -0.2) is 17.9 Å². The molecule has 90 valence electrons.